The molecular formula is C16H24N2O3. The Balaban J connectivity index is 2.00. The number of rotatable bonds is 5. The highest BCUT2D eigenvalue weighted by molar-refractivity contribution is 5.87. The number of hydrogen-bond donors (Lipinski definition) is 1. The van der Waals surface area contributed by atoms with Crippen LogP contribution in [0.4, 0.5) is 0 Å². The van der Waals surface area contributed by atoms with Gasteiger partial charge in [-0.1, -0.05) is 12.1 Å². The van der Waals surface area contributed by atoms with Crippen LogP contribution in [0.15, 0.2) is 24.3 Å². The van der Waals surface area contributed by atoms with Gasteiger partial charge in [-0.15, -0.1) is 0 Å². The topological polar surface area (TPSA) is 53.0 Å². The normalized spacial score (nSPS) is 20.4. The first-order valence-corrected chi connectivity index (χ1v) is 7.31. The Kier molecular flexibility index (Phi) is 5.73. The van der Waals surface area contributed by atoms with Gasteiger partial charge in [-0.05, 0) is 31.8 Å². The number of carboxylic acids is 1. The van der Waals surface area contributed by atoms with E-state index in [0.29, 0.717) is 11.5 Å². The zero-order chi connectivity index (χ0) is 15.2. The zero-order valence-electron chi connectivity index (χ0n) is 12.8. The van der Waals surface area contributed by atoms with Crippen molar-refractivity contribution in [1.82, 2.24) is 9.80 Å². The molecule has 1 atom stereocenters. The van der Waals surface area contributed by atoms with Crippen LogP contribution in [0.1, 0.15) is 15.9 Å². The summed E-state index contributed by atoms with van der Waals surface area (Å²) < 4.78 is 5.68. The Morgan fingerprint density at radius 2 is 2.29 bits per heavy atom. The van der Waals surface area contributed by atoms with Crippen LogP contribution in [0.2, 0.25) is 0 Å². The Morgan fingerprint density at radius 1 is 1.48 bits per heavy atom. The minimum atomic E-state index is -0.874. The monoisotopic (exact) mass is 292 g/mol. The molecule has 0 aromatic heterocycles. The average Bonchev–Trinajstić information content (AvgIpc) is 2.63. The molecule has 1 aromatic rings. The van der Waals surface area contributed by atoms with Crippen LogP contribution in [0.5, 0.6) is 0 Å². The highest BCUT2D eigenvalue weighted by Gasteiger charge is 2.19. The molecule has 0 bridgehead atoms. The number of carbonyl (C=O) groups is 1. The second-order valence-corrected chi connectivity index (χ2v) is 5.94. The summed E-state index contributed by atoms with van der Waals surface area (Å²) in [6.45, 7) is 5.18. The van der Waals surface area contributed by atoms with E-state index in [9.17, 15) is 4.79 Å². The van der Waals surface area contributed by atoms with Gasteiger partial charge in [-0.25, -0.2) is 4.79 Å². The predicted molar refractivity (Wildman–Crippen MR) is 81.5 cm³/mol. The molecule has 1 aliphatic rings. The maximum atomic E-state index is 11.0. The van der Waals surface area contributed by atoms with E-state index in [2.05, 4.69) is 23.9 Å². The van der Waals surface area contributed by atoms with Crippen molar-refractivity contribution in [2.75, 3.05) is 46.9 Å². The molecule has 5 heteroatoms. The third-order valence-corrected chi connectivity index (χ3v) is 3.63. The molecule has 0 spiro atoms. The molecule has 5 nitrogen and oxygen atoms in total. The van der Waals surface area contributed by atoms with E-state index in [1.807, 2.05) is 12.1 Å². The van der Waals surface area contributed by atoms with Gasteiger partial charge in [-0.3, -0.25) is 4.90 Å². The van der Waals surface area contributed by atoms with Crippen molar-refractivity contribution >= 4 is 5.97 Å². The van der Waals surface area contributed by atoms with Gasteiger partial charge in [-0.2, -0.15) is 0 Å². The first kappa shape index (κ1) is 15.9. The van der Waals surface area contributed by atoms with Crippen molar-refractivity contribution in [1.29, 1.82) is 0 Å². The number of aromatic carboxylic acids is 1. The Hall–Kier alpha value is -1.43. The van der Waals surface area contributed by atoms with Crippen molar-refractivity contribution in [2.24, 2.45) is 5.92 Å². The molecule has 1 unspecified atom stereocenters. The summed E-state index contributed by atoms with van der Waals surface area (Å²) in [7, 11) is 4.15. The van der Waals surface area contributed by atoms with Gasteiger partial charge in [0.15, 0.2) is 0 Å². The van der Waals surface area contributed by atoms with E-state index in [-0.39, 0.29) is 0 Å². The molecule has 0 radical (unpaired) electrons. The number of nitrogens with zero attached hydrogens (tertiary/aromatic N) is 2. The van der Waals surface area contributed by atoms with Crippen LogP contribution in [0.3, 0.4) is 0 Å². The molecule has 1 heterocycles. The van der Waals surface area contributed by atoms with Crippen LogP contribution in [0.25, 0.3) is 0 Å². The molecule has 1 saturated heterocycles. The minimum absolute atomic E-state index is 0.350. The quantitative estimate of drug-likeness (QED) is 0.889. The zero-order valence-corrected chi connectivity index (χ0v) is 12.8. The van der Waals surface area contributed by atoms with Crippen LogP contribution in [-0.4, -0.2) is 67.8 Å². The SMILES string of the molecule is CN(C)CC1COCCN(Cc2cccc(C(=O)O)c2)C1. The smallest absolute Gasteiger partial charge is 0.335 e. The van der Waals surface area contributed by atoms with Gasteiger partial charge in [0.1, 0.15) is 0 Å². The molecule has 1 N–H and O–H groups in total. The standard InChI is InChI=1S/C16H24N2O3/c1-17(2)9-14-11-18(6-7-21-12-14)10-13-4-3-5-15(8-13)16(19)20/h3-5,8,14H,6-7,9-12H2,1-2H3,(H,19,20). The first-order valence-electron chi connectivity index (χ1n) is 7.31. The predicted octanol–water partition coefficient (Wildman–Crippen LogP) is 1.39. The molecule has 1 aliphatic heterocycles. The lowest BCUT2D eigenvalue weighted by Crippen LogP contribution is -2.34. The number of ether oxygens (including phenoxy) is 1. The highest BCUT2D eigenvalue weighted by atomic mass is 16.5. The molecule has 0 saturated carbocycles. The number of benzene rings is 1. The van der Waals surface area contributed by atoms with Crippen LogP contribution >= 0.6 is 0 Å². The summed E-state index contributed by atoms with van der Waals surface area (Å²) in [4.78, 5) is 15.6. The van der Waals surface area contributed by atoms with E-state index in [0.717, 1.165) is 45.0 Å². The maximum Gasteiger partial charge on any atom is 0.335 e. The molecule has 2 rings (SSSR count). The summed E-state index contributed by atoms with van der Waals surface area (Å²) in [6, 6.07) is 7.19. The van der Waals surface area contributed by atoms with Gasteiger partial charge in [0.25, 0.3) is 0 Å². The number of carboxylic acid groups (broad SMARTS) is 1. The molecule has 1 aromatic carbocycles. The van der Waals surface area contributed by atoms with Gasteiger partial charge in [0.05, 0.1) is 18.8 Å². The lowest BCUT2D eigenvalue weighted by molar-refractivity contribution is 0.0696. The van der Waals surface area contributed by atoms with Gasteiger partial charge in [0, 0.05) is 32.1 Å². The van der Waals surface area contributed by atoms with E-state index >= 15 is 0 Å². The van der Waals surface area contributed by atoms with Gasteiger partial charge >= 0.3 is 5.97 Å². The molecule has 0 aliphatic carbocycles. The van der Waals surface area contributed by atoms with E-state index in [1.165, 1.54) is 0 Å². The summed E-state index contributed by atoms with van der Waals surface area (Å²) in [6.07, 6.45) is 0. The summed E-state index contributed by atoms with van der Waals surface area (Å²) >= 11 is 0. The fraction of sp³-hybridized carbons (Fsp3) is 0.562. The summed E-state index contributed by atoms with van der Waals surface area (Å²) in [5, 5.41) is 9.06. The third-order valence-electron chi connectivity index (χ3n) is 3.63. The van der Waals surface area contributed by atoms with Gasteiger partial charge in [0.2, 0.25) is 0 Å². The van der Waals surface area contributed by atoms with Crippen LogP contribution in [-0.2, 0) is 11.3 Å². The van der Waals surface area contributed by atoms with Crippen LogP contribution in [0, 0.1) is 5.92 Å². The fourth-order valence-electron chi connectivity index (χ4n) is 2.78. The summed E-state index contributed by atoms with van der Waals surface area (Å²) in [5.74, 6) is -0.383. The van der Waals surface area contributed by atoms with Crippen molar-refractivity contribution in [3.63, 3.8) is 0 Å². The molecular weight excluding hydrogens is 268 g/mol. The maximum absolute atomic E-state index is 11.0. The Bertz CT molecular complexity index is 476. The van der Waals surface area contributed by atoms with Crippen molar-refractivity contribution < 1.29 is 14.6 Å². The lowest BCUT2D eigenvalue weighted by atomic mass is 10.1. The second kappa shape index (κ2) is 7.54. The molecule has 0 amide bonds. The third kappa shape index (κ3) is 5.12. The fourth-order valence-corrected chi connectivity index (χ4v) is 2.78. The van der Waals surface area contributed by atoms with E-state index in [4.69, 9.17) is 9.84 Å². The number of hydrogen-bond acceptors (Lipinski definition) is 4. The Labute approximate surface area is 126 Å². The minimum Gasteiger partial charge on any atom is -0.478 e. The van der Waals surface area contributed by atoms with Crippen molar-refractivity contribution in [3.8, 4) is 0 Å². The van der Waals surface area contributed by atoms with E-state index in [1.54, 1.807) is 12.1 Å². The molecule has 1 fully saturated rings. The Morgan fingerprint density at radius 3 is 3.00 bits per heavy atom. The second-order valence-electron chi connectivity index (χ2n) is 5.94. The summed E-state index contributed by atoms with van der Waals surface area (Å²) in [5.41, 5.74) is 1.39. The molecule has 116 valence electrons. The van der Waals surface area contributed by atoms with Gasteiger partial charge < -0.3 is 14.7 Å². The van der Waals surface area contributed by atoms with Crippen molar-refractivity contribution in [3.05, 3.63) is 35.4 Å². The van der Waals surface area contributed by atoms with Crippen molar-refractivity contribution in [2.45, 2.75) is 6.54 Å². The largest absolute Gasteiger partial charge is 0.478 e. The average molecular weight is 292 g/mol. The molecule has 21 heavy (non-hydrogen) atoms. The highest BCUT2D eigenvalue weighted by Crippen LogP contribution is 2.13. The first-order chi connectivity index (χ1) is 10.0. The van der Waals surface area contributed by atoms with Crippen LogP contribution < -0.4 is 0 Å². The lowest BCUT2D eigenvalue weighted by Gasteiger charge is -2.25. The van der Waals surface area contributed by atoms with E-state index < -0.39 is 5.97 Å².